The van der Waals surface area contributed by atoms with Gasteiger partial charge < -0.3 is 5.73 Å². The van der Waals surface area contributed by atoms with Gasteiger partial charge in [0.05, 0.1) is 11.5 Å². The van der Waals surface area contributed by atoms with Crippen LogP contribution in [0.15, 0.2) is 24.5 Å². The van der Waals surface area contributed by atoms with E-state index in [1.54, 1.807) is 24.5 Å². The molecule has 0 saturated carbocycles. The predicted molar refractivity (Wildman–Crippen MR) is 81.8 cm³/mol. The second kappa shape index (κ2) is 7.83. The van der Waals surface area contributed by atoms with Gasteiger partial charge in [-0.2, -0.15) is 4.31 Å². The van der Waals surface area contributed by atoms with Gasteiger partial charge in [-0.3, -0.25) is 4.98 Å². The van der Waals surface area contributed by atoms with Crippen molar-refractivity contribution in [2.45, 2.75) is 13.0 Å². The van der Waals surface area contributed by atoms with Crippen molar-refractivity contribution in [3.05, 3.63) is 30.1 Å². The quantitative estimate of drug-likeness (QED) is 0.658. The molecule has 21 heavy (non-hydrogen) atoms. The lowest BCUT2D eigenvalue weighted by atomic mass is 10.3. The molecule has 7 nitrogen and oxygen atoms in total. The molecular formula is C12H21N3O4S2. The largest absolute Gasteiger partial charge is 0.330 e. The van der Waals surface area contributed by atoms with Crippen LogP contribution in [0, 0.1) is 0 Å². The summed E-state index contributed by atoms with van der Waals surface area (Å²) in [5, 5.41) is 0. The highest BCUT2D eigenvalue weighted by Gasteiger charge is 2.23. The maximum atomic E-state index is 12.3. The fourth-order valence-corrected chi connectivity index (χ4v) is 4.73. The molecule has 120 valence electrons. The Kier molecular flexibility index (Phi) is 6.72. The molecule has 1 heterocycles. The van der Waals surface area contributed by atoms with E-state index in [0.717, 1.165) is 11.8 Å². The zero-order valence-corrected chi connectivity index (χ0v) is 13.6. The lowest BCUT2D eigenvalue weighted by Gasteiger charge is -2.21. The molecule has 0 aliphatic rings. The van der Waals surface area contributed by atoms with E-state index in [9.17, 15) is 16.8 Å². The van der Waals surface area contributed by atoms with E-state index in [1.165, 1.54) is 4.31 Å². The Bertz CT molecular complexity index is 630. The molecule has 0 saturated heterocycles. The Balaban J connectivity index is 2.85. The van der Waals surface area contributed by atoms with Crippen LogP contribution < -0.4 is 5.73 Å². The average molecular weight is 335 g/mol. The molecule has 0 spiro atoms. The van der Waals surface area contributed by atoms with Crippen molar-refractivity contribution >= 4 is 19.9 Å². The van der Waals surface area contributed by atoms with Gasteiger partial charge in [-0.1, -0.05) is 6.07 Å². The van der Waals surface area contributed by atoms with Crippen molar-refractivity contribution in [1.29, 1.82) is 0 Å². The summed E-state index contributed by atoms with van der Waals surface area (Å²) in [7, 11) is -6.98. The molecule has 0 radical (unpaired) electrons. The van der Waals surface area contributed by atoms with Crippen molar-refractivity contribution in [3.63, 3.8) is 0 Å². The summed E-state index contributed by atoms with van der Waals surface area (Å²) in [6.07, 6.45) is 4.72. The number of nitrogens with two attached hydrogens (primary N) is 1. The maximum absolute atomic E-state index is 12.3. The van der Waals surface area contributed by atoms with E-state index >= 15 is 0 Å². The van der Waals surface area contributed by atoms with Crippen LogP contribution in [-0.4, -0.2) is 57.0 Å². The van der Waals surface area contributed by atoms with Gasteiger partial charge in [0.15, 0.2) is 0 Å². The Morgan fingerprint density at radius 2 is 1.95 bits per heavy atom. The van der Waals surface area contributed by atoms with E-state index in [1.807, 2.05) is 0 Å². The van der Waals surface area contributed by atoms with Crippen LogP contribution in [-0.2, 0) is 26.4 Å². The minimum atomic E-state index is -3.66. The van der Waals surface area contributed by atoms with Crippen molar-refractivity contribution in [3.8, 4) is 0 Å². The molecule has 1 rings (SSSR count). The van der Waals surface area contributed by atoms with Crippen molar-refractivity contribution in [2.75, 3.05) is 30.9 Å². The van der Waals surface area contributed by atoms with Gasteiger partial charge in [-0.15, -0.1) is 0 Å². The van der Waals surface area contributed by atoms with E-state index in [-0.39, 0.29) is 18.8 Å². The van der Waals surface area contributed by atoms with Crippen molar-refractivity contribution < 1.29 is 16.8 Å². The third-order valence-electron chi connectivity index (χ3n) is 2.80. The highest BCUT2D eigenvalue weighted by atomic mass is 32.2. The third-order valence-corrected chi connectivity index (χ3v) is 5.82. The first-order valence-corrected chi connectivity index (χ1v) is 10.2. The van der Waals surface area contributed by atoms with E-state index in [0.29, 0.717) is 13.0 Å². The van der Waals surface area contributed by atoms with Gasteiger partial charge in [-0.05, 0) is 24.6 Å². The van der Waals surface area contributed by atoms with Crippen LogP contribution in [0.5, 0.6) is 0 Å². The predicted octanol–water partition coefficient (Wildman–Crippen LogP) is -0.393. The molecule has 0 aromatic carbocycles. The van der Waals surface area contributed by atoms with E-state index < -0.39 is 25.6 Å². The second-order valence-electron chi connectivity index (χ2n) is 4.78. The molecule has 0 amide bonds. The molecule has 0 aliphatic carbocycles. The Morgan fingerprint density at radius 3 is 2.48 bits per heavy atom. The van der Waals surface area contributed by atoms with Crippen LogP contribution in [0.3, 0.4) is 0 Å². The van der Waals surface area contributed by atoms with Gasteiger partial charge in [-0.25, -0.2) is 16.8 Å². The second-order valence-corrected chi connectivity index (χ2v) is 9.13. The molecule has 1 aromatic rings. The molecule has 9 heteroatoms. The number of nitrogens with zero attached hydrogens (tertiary/aromatic N) is 2. The lowest BCUT2D eigenvalue weighted by Crippen LogP contribution is -2.36. The number of rotatable bonds is 9. The summed E-state index contributed by atoms with van der Waals surface area (Å²) in [5.74, 6) is -0.807. The zero-order valence-electron chi connectivity index (χ0n) is 12.0. The molecule has 0 fully saturated rings. The number of sulfonamides is 1. The molecular weight excluding hydrogens is 314 g/mol. The number of aromatic nitrogens is 1. The number of hydrogen-bond acceptors (Lipinski definition) is 6. The fraction of sp³-hybridized carbons (Fsp3) is 0.583. The zero-order chi connectivity index (χ0) is 15.9. The van der Waals surface area contributed by atoms with Crippen molar-refractivity contribution in [1.82, 2.24) is 9.29 Å². The number of sulfone groups is 1. The van der Waals surface area contributed by atoms with E-state index in [2.05, 4.69) is 4.98 Å². The van der Waals surface area contributed by atoms with E-state index in [4.69, 9.17) is 5.73 Å². The Morgan fingerprint density at radius 1 is 1.24 bits per heavy atom. The Hall–Kier alpha value is -1.03. The molecule has 0 aliphatic heterocycles. The standard InChI is InChI=1S/C12H21N3O4S2/c1-20(16,17)8-9-21(18,19)15(7-3-5-13)11-12-4-2-6-14-10-12/h2,4,6,10H,3,5,7-9,11,13H2,1H3. The normalized spacial score (nSPS) is 12.7. The fourth-order valence-electron chi connectivity index (χ4n) is 1.67. The van der Waals surface area contributed by atoms with Crippen LogP contribution in [0.2, 0.25) is 0 Å². The summed E-state index contributed by atoms with van der Waals surface area (Å²) < 4.78 is 48.2. The summed E-state index contributed by atoms with van der Waals surface area (Å²) >= 11 is 0. The monoisotopic (exact) mass is 335 g/mol. The van der Waals surface area contributed by atoms with Crippen molar-refractivity contribution in [2.24, 2.45) is 5.73 Å². The smallest absolute Gasteiger partial charge is 0.215 e. The first kappa shape index (κ1) is 18.0. The number of pyridine rings is 1. The Labute approximate surface area is 126 Å². The van der Waals surface area contributed by atoms with Crippen LogP contribution in [0.25, 0.3) is 0 Å². The van der Waals surface area contributed by atoms with Crippen LogP contribution >= 0.6 is 0 Å². The first-order chi connectivity index (χ1) is 9.74. The van der Waals surface area contributed by atoms with Crippen LogP contribution in [0.4, 0.5) is 0 Å². The molecule has 2 N–H and O–H groups in total. The summed E-state index contributed by atoms with van der Waals surface area (Å²) in [6, 6.07) is 3.49. The molecule has 1 aromatic heterocycles. The summed E-state index contributed by atoms with van der Waals surface area (Å²) in [4.78, 5) is 3.94. The van der Waals surface area contributed by atoms with Gasteiger partial charge in [0.2, 0.25) is 10.0 Å². The topological polar surface area (TPSA) is 110 Å². The summed E-state index contributed by atoms with van der Waals surface area (Å²) in [5.41, 5.74) is 6.17. The SMILES string of the molecule is CS(=O)(=O)CCS(=O)(=O)N(CCCN)Cc1cccnc1. The highest BCUT2D eigenvalue weighted by molar-refractivity contribution is 7.93. The van der Waals surface area contributed by atoms with Gasteiger partial charge >= 0.3 is 0 Å². The first-order valence-electron chi connectivity index (χ1n) is 6.49. The minimum Gasteiger partial charge on any atom is -0.330 e. The molecule has 0 bridgehead atoms. The van der Waals surface area contributed by atoms with Gasteiger partial charge in [0.25, 0.3) is 0 Å². The van der Waals surface area contributed by atoms with Gasteiger partial charge in [0, 0.05) is 31.7 Å². The summed E-state index contributed by atoms with van der Waals surface area (Å²) in [6.45, 7) is 0.794. The molecule has 0 atom stereocenters. The lowest BCUT2D eigenvalue weighted by molar-refractivity contribution is 0.402. The minimum absolute atomic E-state index is 0.167. The molecule has 0 unspecified atom stereocenters. The third kappa shape index (κ3) is 6.98. The van der Waals surface area contributed by atoms with Crippen LogP contribution in [0.1, 0.15) is 12.0 Å². The highest BCUT2D eigenvalue weighted by Crippen LogP contribution is 2.10. The average Bonchev–Trinajstić information content (AvgIpc) is 2.41. The maximum Gasteiger partial charge on any atom is 0.215 e. The number of hydrogen-bond donors (Lipinski definition) is 1. The van der Waals surface area contributed by atoms with Gasteiger partial charge in [0.1, 0.15) is 9.84 Å².